The monoisotopic (exact) mass is 446 g/mol. The molecule has 3 heterocycles. The topological polar surface area (TPSA) is 123 Å². The molecule has 0 bridgehead atoms. The van der Waals surface area contributed by atoms with E-state index >= 15 is 0 Å². The second-order valence-corrected chi connectivity index (χ2v) is 9.39. The molecule has 1 aromatic carbocycles. The zero-order valence-corrected chi connectivity index (χ0v) is 18.5. The normalized spacial score (nSPS) is 18.8. The second kappa shape index (κ2) is 8.37. The second-order valence-electron chi connectivity index (χ2n) is 8.48. The minimum absolute atomic E-state index is 0.0924. The maximum Gasteiger partial charge on any atom is 0.268 e. The average molecular weight is 447 g/mol. The molecule has 0 spiro atoms. The van der Waals surface area contributed by atoms with Crippen molar-refractivity contribution in [2.45, 2.75) is 44.3 Å². The molecule has 0 aliphatic heterocycles. The third-order valence-electron chi connectivity index (χ3n) is 6.25. The van der Waals surface area contributed by atoms with E-state index < -0.39 is 0 Å². The molecule has 3 aromatic heterocycles. The summed E-state index contributed by atoms with van der Waals surface area (Å²) in [6.07, 6.45) is 3.65. The molecule has 1 aliphatic carbocycles. The molecule has 0 unspecified atom stereocenters. The molecule has 1 aliphatic rings. The van der Waals surface area contributed by atoms with E-state index in [4.69, 9.17) is 16.9 Å². The van der Waals surface area contributed by atoms with Crippen molar-refractivity contribution in [3.05, 3.63) is 64.8 Å². The van der Waals surface area contributed by atoms with Crippen LogP contribution in [0.15, 0.2) is 47.8 Å². The lowest BCUT2D eigenvalue weighted by Gasteiger charge is -2.27. The number of carbonyl (C=O) groups is 1. The van der Waals surface area contributed by atoms with Crippen molar-refractivity contribution in [3.63, 3.8) is 0 Å². The third kappa shape index (κ3) is 3.87. The van der Waals surface area contributed by atoms with Crippen LogP contribution in [0.1, 0.15) is 47.4 Å². The van der Waals surface area contributed by atoms with E-state index in [1.807, 2.05) is 28.8 Å². The van der Waals surface area contributed by atoms with Crippen LogP contribution in [-0.4, -0.2) is 33.4 Å². The van der Waals surface area contributed by atoms with Gasteiger partial charge in [0.1, 0.15) is 22.9 Å². The Balaban J connectivity index is 1.55. The van der Waals surface area contributed by atoms with Gasteiger partial charge in [-0.2, -0.15) is 0 Å². The fourth-order valence-electron chi connectivity index (χ4n) is 4.47. The minimum atomic E-state index is -0.104. The summed E-state index contributed by atoms with van der Waals surface area (Å²) in [4.78, 5) is 18.0. The number of nitrogens with zero attached hydrogens (tertiary/aromatic N) is 2. The van der Waals surface area contributed by atoms with Crippen molar-refractivity contribution >= 4 is 44.2 Å². The van der Waals surface area contributed by atoms with Crippen molar-refractivity contribution in [2.24, 2.45) is 11.5 Å². The molecule has 4 aromatic rings. The Labute approximate surface area is 189 Å². The lowest BCUT2D eigenvalue weighted by atomic mass is 9.92. The summed E-state index contributed by atoms with van der Waals surface area (Å²) >= 11 is 1.69. The Morgan fingerprint density at radius 2 is 1.97 bits per heavy atom. The van der Waals surface area contributed by atoms with E-state index in [-0.39, 0.29) is 23.8 Å². The van der Waals surface area contributed by atoms with Crippen molar-refractivity contribution in [2.75, 3.05) is 0 Å². The van der Waals surface area contributed by atoms with Gasteiger partial charge in [0.25, 0.3) is 5.91 Å². The van der Waals surface area contributed by atoms with Crippen LogP contribution in [0, 0.1) is 5.41 Å². The van der Waals surface area contributed by atoms with Crippen LogP contribution in [0.5, 0.6) is 0 Å². The van der Waals surface area contributed by atoms with E-state index in [2.05, 4.69) is 27.8 Å². The van der Waals surface area contributed by atoms with Gasteiger partial charge >= 0.3 is 0 Å². The Morgan fingerprint density at radius 3 is 2.75 bits per heavy atom. The number of amidine groups is 1. The molecule has 0 atom stereocenters. The van der Waals surface area contributed by atoms with Crippen LogP contribution in [0.25, 0.3) is 21.1 Å². The van der Waals surface area contributed by atoms with Gasteiger partial charge in [0.15, 0.2) is 0 Å². The van der Waals surface area contributed by atoms with Gasteiger partial charge in [-0.05, 0) is 66.3 Å². The number of carbonyl (C=O) groups excluding carboxylic acids is 1. The number of hydrogen-bond acceptors (Lipinski definition) is 5. The first-order valence-electron chi connectivity index (χ1n) is 10.9. The number of nitrogen functional groups attached to an aromatic ring is 1. The van der Waals surface area contributed by atoms with Crippen LogP contribution in [0.2, 0.25) is 0 Å². The molecular formula is C24H26N6OS. The summed E-state index contributed by atoms with van der Waals surface area (Å²) in [7, 11) is 0. The zero-order valence-electron chi connectivity index (χ0n) is 17.7. The summed E-state index contributed by atoms with van der Waals surface area (Å²) in [6, 6.07) is 14.1. The Hall–Kier alpha value is -3.23. The van der Waals surface area contributed by atoms with Crippen molar-refractivity contribution in [3.8, 4) is 0 Å². The predicted molar refractivity (Wildman–Crippen MR) is 129 cm³/mol. The predicted octanol–water partition coefficient (Wildman–Crippen LogP) is 3.58. The highest BCUT2D eigenvalue weighted by molar-refractivity contribution is 7.17. The Bertz CT molecular complexity index is 1310. The number of hydrogen-bond donors (Lipinski definition) is 4. The third-order valence-corrected chi connectivity index (χ3v) is 7.26. The largest absolute Gasteiger partial charge is 0.382 e. The van der Waals surface area contributed by atoms with Crippen LogP contribution in [-0.2, 0) is 6.54 Å². The van der Waals surface area contributed by atoms with Gasteiger partial charge in [0.2, 0.25) is 0 Å². The molecular weight excluding hydrogens is 420 g/mol. The highest BCUT2D eigenvalue weighted by atomic mass is 32.1. The van der Waals surface area contributed by atoms with Gasteiger partial charge in [0, 0.05) is 22.2 Å². The number of nitrogens with one attached hydrogen (secondary N) is 2. The average Bonchev–Trinajstić information content (AvgIpc) is 3.37. The van der Waals surface area contributed by atoms with E-state index in [0.717, 1.165) is 36.6 Å². The van der Waals surface area contributed by atoms with Crippen LogP contribution >= 0.6 is 11.3 Å². The molecule has 1 amide bonds. The molecule has 5 rings (SSSR count). The van der Waals surface area contributed by atoms with Gasteiger partial charge in [-0.1, -0.05) is 18.2 Å². The lowest BCUT2D eigenvalue weighted by Crippen LogP contribution is -2.41. The highest BCUT2D eigenvalue weighted by Crippen LogP contribution is 2.29. The number of amides is 1. The smallest absolute Gasteiger partial charge is 0.268 e. The van der Waals surface area contributed by atoms with Crippen molar-refractivity contribution in [1.82, 2.24) is 14.9 Å². The van der Waals surface area contributed by atoms with E-state index in [1.165, 1.54) is 10.1 Å². The van der Waals surface area contributed by atoms with Gasteiger partial charge < -0.3 is 21.4 Å². The molecule has 0 radical (unpaired) electrons. The fourth-order valence-corrected chi connectivity index (χ4v) is 5.43. The number of benzene rings is 1. The number of thiophene rings is 1. The molecule has 0 saturated heterocycles. The van der Waals surface area contributed by atoms with Crippen LogP contribution in [0.4, 0.5) is 0 Å². The number of nitrogens with two attached hydrogens (primary N) is 2. The molecule has 1 saturated carbocycles. The first-order valence-corrected chi connectivity index (χ1v) is 11.7. The molecule has 8 heteroatoms. The van der Waals surface area contributed by atoms with Gasteiger partial charge in [-0.3, -0.25) is 10.2 Å². The first kappa shape index (κ1) is 20.7. The Morgan fingerprint density at radius 1 is 1.19 bits per heavy atom. The highest BCUT2D eigenvalue weighted by Gasteiger charge is 2.24. The van der Waals surface area contributed by atoms with E-state index in [1.54, 1.807) is 17.4 Å². The summed E-state index contributed by atoms with van der Waals surface area (Å²) in [5.74, 6) is -0.197. The zero-order chi connectivity index (χ0) is 22.2. The maximum atomic E-state index is 13.3. The van der Waals surface area contributed by atoms with Gasteiger partial charge in [0.05, 0.1) is 6.54 Å². The first-order chi connectivity index (χ1) is 15.5. The van der Waals surface area contributed by atoms with Crippen molar-refractivity contribution in [1.29, 1.82) is 5.41 Å². The number of pyridine rings is 1. The SMILES string of the molecule is N=C(N)c1ccc2cc(C(=O)N[C@H]3CC[C@@H](N)CC3)n(Cc3csc4ccccc34)c2n1. The molecule has 32 heavy (non-hydrogen) atoms. The van der Waals surface area contributed by atoms with Gasteiger partial charge in [-0.25, -0.2) is 4.98 Å². The number of rotatable bonds is 5. The summed E-state index contributed by atoms with van der Waals surface area (Å²) < 4.78 is 3.15. The maximum absolute atomic E-state index is 13.3. The summed E-state index contributed by atoms with van der Waals surface area (Å²) in [5.41, 5.74) is 14.5. The van der Waals surface area contributed by atoms with Crippen LogP contribution < -0.4 is 16.8 Å². The van der Waals surface area contributed by atoms with Crippen molar-refractivity contribution < 1.29 is 4.79 Å². The quantitative estimate of drug-likeness (QED) is 0.276. The lowest BCUT2D eigenvalue weighted by molar-refractivity contribution is 0.0917. The van der Waals surface area contributed by atoms with E-state index in [9.17, 15) is 4.79 Å². The summed E-state index contributed by atoms with van der Waals surface area (Å²) in [5, 5.41) is 15.1. The fraction of sp³-hybridized carbons (Fsp3) is 0.292. The standard InChI is InChI=1S/C24H26N6OS/c25-16-6-8-17(9-7-16)28-24(31)20-11-14-5-10-19(22(26)27)29-23(14)30(20)12-15-13-32-21-4-2-1-3-18(15)21/h1-5,10-11,13,16-17H,6-9,12,25H2,(H3,26,27)(H,28,31)/t16-,17+. The molecule has 164 valence electrons. The number of aromatic nitrogens is 2. The minimum Gasteiger partial charge on any atom is -0.382 e. The Kier molecular flexibility index (Phi) is 5.40. The van der Waals surface area contributed by atoms with Crippen LogP contribution in [0.3, 0.4) is 0 Å². The van der Waals surface area contributed by atoms with Gasteiger partial charge in [-0.15, -0.1) is 11.3 Å². The summed E-state index contributed by atoms with van der Waals surface area (Å²) in [6.45, 7) is 0.514. The molecule has 7 nitrogen and oxygen atoms in total. The number of fused-ring (bicyclic) bond motifs is 2. The molecule has 1 fully saturated rings. The molecule has 6 N–H and O–H groups in total. The van der Waals surface area contributed by atoms with E-state index in [0.29, 0.717) is 23.6 Å².